The van der Waals surface area contributed by atoms with Crippen LogP contribution >= 0.6 is 0 Å². The third-order valence-corrected chi connectivity index (χ3v) is 5.05. The summed E-state index contributed by atoms with van der Waals surface area (Å²) in [6.07, 6.45) is 1.39. The van der Waals surface area contributed by atoms with Gasteiger partial charge in [-0.15, -0.1) is 0 Å². The first kappa shape index (κ1) is 20.5. The van der Waals surface area contributed by atoms with Gasteiger partial charge in [-0.3, -0.25) is 14.4 Å². The first-order chi connectivity index (χ1) is 15.2. The second-order valence-corrected chi connectivity index (χ2v) is 7.02. The van der Waals surface area contributed by atoms with E-state index >= 15 is 0 Å². The minimum Gasteiger partial charge on any atom is -0.461 e. The van der Waals surface area contributed by atoms with Crippen LogP contribution in [0.4, 0.5) is 0 Å². The molecule has 6 nitrogen and oxygen atoms in total. The van der Waals surface area contributed by atoms with E-state index < -0.39 is 17.3 Å². The van der Waals surface area contributed by atoms with E-state index in [0.29, 0.717) is 37.4 Å². The van der Waals surface area contributed by atoms with Crippen LogP contribution in [0.3, 0.4) is 0 Å². The summed E-state index contributed by atoms with van der Waals surface area (Å²) in [4.78, 5) is 42.4. The molecule has 0 bridgehead atoms. The molecule has 0 atom stereocenters. The smallest absolute Gasteiger partial charge is 0.245 e. The first-order valence-corrected chi connectivity index (χ1v) is 10.0. The van der Waals surface area contributed by atoms with Crippen LogP contribution < -0.4 is 0 Å². The van der Waals surface area contributed by atoms with Gasteiger partial charge in [0.05, 0.1) is 25.1 Å². The van der Waals surface area contributed by atoms with E-state index in [-0.39, 0.29) is 17.0 Å². The van der Waals surface area contributed by atoms with Gasteiger partial charge in [0.25, 0.3) is 0 Å². The Bertz CT molecular complexity index is 1040. The molecule has 0 aliphatic carbocycles. The number of carbonyl (C=O) groups excluding carboxylic acids is 3. The van der Waals surface area contributed by atoms with Gasteiger partial charge in [-0.2, -0.15) is 0 Å². The highest BCUT2D eigenvalue weighted by Crippen LogP contribution is 2.25. The molecule has 156 valence electrons. The third-order valence-electron chi connectivity index (χ3n) is 5.05. The molecule has 0 unspecified atom stereocenters. The second kappa shape index (κ2) is 9.36. The average Bonchev–Trinajstić information content (AvgIpc) is 3.38. The lowest BCUT2D eigenvalue weighted by Crippen LogP contribution is -2.40. The Balaban J connectivity index is 1.93. The van der Waals surface area contributed by atoms with Crippen molar-refractivity contribution in [2.24, 2.45) is 0 Å². The molecule has 1 aliphatic heterocycles. The molecule has 31 heavy (non-hydrogen) atoms. The van der Waals surface area contributed by atoms with Gasteiger partial charge in [-0.05, 0) is 12.1 Å². The van der Waals surface area contributed by atoms with E-state index in [1.165, 1.54) is 12.3 Å². The number of furan rings is 1. The monoisotopic (exact) mass is 415 g/mol. The summed E-state index contributed by atoms with van der Waals surface area (Å²) < 4.78 is 10.7. The molecule has 0 spiro atoms. The molecule has 4 rings (SSSR count). The molecule has 6 heteroatoms. The van der Waals surface area contributed by atoms with Gasteiger partial charge in [0.15, 0.2) is 17.3 Å². The second-order valence-electron chi connectivity index (χ2n) is 7.02. The quantitative estimate of drug-likeness (QED) is 0.253. The van der Waals surface area contributed by atoms with Crippen LogP contribution in [-0.4, -0.2) is 48.6 Å². The summed E-state index contributed by atoms with van der Waals surface area (Å²) in [5, 5.41) is 0. The van der Waals surface area contributed by atoms with Crippen LogP contribution in [0.5, 0.6) is 0 Å². The fraction of sp³-hybridized carbons (Fsp3) is 0.160. The molecule has 1 aliphatic rings. The SMILES string of the molecule is O=C(C(C(=O)c1ccccc1)=C(C(=O)c1ccco1)N1CCOCC1)c1ccccc1. The van der Waals surface area contributed by atoms with E-state index in [0.717, 1.165) is 0 Å². The number of Topliss-reactive ketones (excluding diaryl/α,β-unsaturated/α-hetero) is 3. The highest BCUT2D eigenvalue weighted by Gasteiger charge is 2.34. The number of benzene rings is 2. The number of hydrogen-bond acceptors (Lipinski definition) is 6. The lowest BCUT2D eigenvalue weighted by atomic mass is 9.91. The van der Waals surface area contributed by atoms with Crippen LogP contribution in [0.15, 0.2) is 94.7 Å². The number of nitrogens with zero attached hydrogens (tertiary/aromatic N) is 1. The fourth-order valence-corrected chi connectivity index (χ4v) is 3.51. The lowest BCUT2D eigenvalue weighted by molar-refractivity contribution is 0.0491. The van der Waals surface area contributed by atoms with Crippen molar-refractivity contribution in [2.75, 3.05) is 26.3 Å². The van der Waals surface area contributed by atoms with E-state index in [4.69, 9.17) is 9.15 Å². The summed E-state index contributed by atoms with van der Waals surface area (Å²) in [7, 11) is 0. The average molecular weight is 415 g/mol. The topological polar surface area (TPSA) is 76.8 Å². The van der Waals surface area contributed by atoms with Gasteiger partial charge in [0.2, 0.25) is 5.78 Å². The Morgan fingerprint density at radius 3 is 1.71 bits per heavy atom. The summed E-state index contributed by atoms with van der Waals surface area (Å²) >= 11 is 0. The first-order valence-electron chi connectivity index (χ1n) is 10.0. The molecule has 1 fully saturated rings. The zero-order chi connectivity index (χ0) is 21.6. The summed E-state index contributed by atoms with van der Waals surface area (Å²) in [6.45, 7) is 1.55. The zero-order valence-corrected chi connectivity index (χ0v) is 16.8. The molecular weight excluding hydrogens is 394 g/mol. The fourth-order valence-electron chi connectivity index (χ4n) is 3.51. The maximum absolute atomic E-state index is 13.6. The van der Waals surface area contributed by atoms with Crippen molar-refractivity contribution in [3.63, 3.8) is 0 Å². The van der Waals surface area contributed by atoms with Crippen molar-refractivity contribution in [1.29, 1.82) is 0 Å². The van der Waals surface area contributed by atoms with Crippen molar-refractivity contribution >= 4 is 17.3 Å². The number of morpholine rings is 1. The number of hydrogen-bond donors (Lipinski definition) is 0. The Morgan fingerprint density at radius 2 is 1.23 bits per heavy atom. The largest absolute Gasteiger partial charge is 0.461 e. The van der Waals surface area contributed by atoms with Crippen molar-refractivity contribution in [3.8, 4) is 0 Å². The Labute approximate surface area is 179 Å². The molecule has 3 aromatic rings. The van der Waals surface area contributed by atoms with Crippen LogP contribution in [0.2, 0.25) is 0 Å². The number of ether oxygens (including phenoxy) is 1. The molecular formula is C25H21NO5. The summed E-state index contributed by atoms with van der Waals surface area (Å²) in [6, 6.07) is 20.1. The number of carbonyl (C=O) groups is 3. The number of rotatable bonds is 7. The van der Waals surface area contributed by atoms with E-state index in [9.17, 15) is 14.4 Å². The third kappa shape index (κ3) is 4.39. The number of allylic oxidation sites excluding steroid dienone is 2. The van der Waals surface area contributed by atoms with Gasteiger partial charge >= 0.3 is 0 Å². The summed E-state index contributed by atoms with van der Waals surface area (Å²) in [5.74, 6) is -1.44. The molecule has 0 amide bonds. The highest BCUT2D eigenvalue weighted by atomic mass is 16.5. The van der Waals surface area contributed by atoms with Gasteiger partial charge < -0.3 is 14.1 Å². The molecule has 1 aromatic heterocycles. The molecule has 0 saturated carbocycles. The van der Waals surface area contributed by atoms with Crippen LogP contribution in [0.25, 0.3) is 0 Å². The van der Waals surface area contributed by atoms with Gasteiger partial charge in [0, 0.05) is 24.2 Å². The minimum atomic E-state index is -0.504. The Kier molecular flexibility index (Phi) is 6.19. The van der Waals surface area contributed by atoms with E-state index in [1.807, 2.05) is 0 Å². The van der Waals surface area contributed by atoms with Gasteiger partial charge in [-0.25, -0.2) is 0 Å². The maximum Gasteiger partial charge on any atom is 0.245 e. The Hall–Kier alpha value is -3.77. The molecule has 2 heterocycles. The van der Waals surface area contributed by atoms with E-state index in [2.05, 4.69) is 0 Å². The maximum atomic E-state index is 13.6. The lowest BCUT2D eigenvalue weighted by Gasteiger charge is -2.31. The van der Waals surface area contributed by atoms with Gasteiger partial charge in [-0.1, -0.05) is 60.7 Å². The summed E-state index contributed by atoms with van der Waals surface area (Å²) in [5.41, 5.74) is 0.543. The van der Waals surface area contributed by atoms with Crippen LogP contribution in [0.1, 0.15) is 31.3 Å². The molecule has 0 radical (unpaired) electrons. The van der Waals surface area contributed by atoms with Crippen LogP contribution in [0, 0.1) is 0 Å². The van der Waals surface area contributed by atoms with Crippen molar-refractivity contribution < 1.29 is 23.5 Å². The molecule has 1 saturated heterocycles. The standard InChI is InChI=1S/C25H21NO5/c27-23(18-8-3-1-4-9-18)21(24(28)19-10-5-2-6-11-19)22(26-13-16-30-17-14-26)25(29)20-12-7-15-31-20/h1-12,15H,13-14,16-17H2. The van der Waals surface area contributed by atoms with E-state index in [1.54, 1.807) is 71.6 Å². The normalized spacial score (nSPS) is 13.5. The molecule has 0 N–H and O–H groups in total. The van der Waals surface area contributed by atoms with Gasteiger partial charge in [0.1, 0.15) is 5.70 Å². The van der Waals surface area contributed by atoms with Crippen molar-refractivity contribution in [2.45, 2.75) is 0 Å². The van der Waals surface area contributed by atoms with Crippen molar-refractivity contribution in [3.05, 3.63) is 107 Å². The predicted molar refractivity (Wildman–Crippen MR) is 114 cm³/mol. The highest BCUT2D eigenvalue weighted by molar-refractivity contribution is 6.34. The Morgan fingerprint density at radius 1 is 0.677 bits per heavy atom. The zero-order valence-electron chi connectivity index (χ0n) is 16.8. The molecule has 2 aromatic carbocycles. The van der Waals surface area contributed by atoms with Crippen molar-refractivity contribution in [1.82, 2.24) is 4.90 Å². The van der Waals surface area contributed by atoms with Crippen LogP contribution in [-0.2, 0) is 4.74 Å². The predicted octanol–water partition coefficient (Wildman–Crippen LogP) is 3.81. The number of ketones is 3. The minimum absolute atomic E-state index is 0.0426.